The Labute approximate surface area is 134 Å². The Morgan fingerprint density at radius 3 is 3.00 bits per heavy atom. The molecule has 7 heteroatoms. The van der Waals surface area contributed by atoms with Crippen molar-refractivity contribution in [3.05, 3.63) is 10.6 Å². The second kappa shape index (κ2) is 8.12. The summed E-state index contributed by atoms with van der Waals surface area (Å²) in [5.41, 5.74) is 1.12. The minimum absolute atomic E-state index is 0.0602. The molecule has 1 aliphatic carbocycles. The molecule has 0 fully saturated rings. The zero-order chi connectivity index (χ0) is 15.9. The van der Waals surface area contributed by atoms with Crippen molar-refractivity contribution in [1.29, 1.82) is 0 Å². The second-order valence-corrected chi connectivity index (χ2v) is 6.75. The van der Waals surface area contributed by atoms with Crippen molar-refractivity contribution in [2.45, 2.75) is 51.9 Å². The van der Waals surface area contributed by atoms with Crippen LogP contribution >= 0.6 is 11.3 Å². The second-order valence-electron chi connectivity index (χ2n) is 5.66. The smallest absolute Gasteiger partial charge is 0.321 e. The van der Waals surface area contributed by atoms with Gasteiger partial charge in [-0.2, -0.15) is 0 Å². The fourth-order valence-corrected chi connectivity index (χ4v) is 3.85. The summed E-state index contributed by atoms with van der Waals surface area (Å²) in [5.74, 6) is -0.105. The molecule has 1 heterocycles. The van der Waals surface area contributed by atoms with Gasteiger partial charge in [-0.25, -0.2) is 9.78 Å². The van der Waals surface area contributed by atoms with E-state index < -0.39 is 5.97 Å². The van der Waals surface area contributed by atoms with E-state index in [1.54, 1.807) is 11.3 Å². The number of aliphatic carboxylic acids is 1. The van der Waals surface area contributed by atoms with Gasteiger partial charge in [-0.3, -0.25) is 10.1 Å². The molecule has 0 spiro atoms. The van der Waals surface area contributed by atoms with Crippen LogP contribution in [-0.2, 0) is 17.6 Å². The van der Waals surface area contributed by atoms with E-state index in [4.69, 9.17) is 5.11 Å². The molecule has 3 N–H and O–H groups in total. The summed E-state index contributed by atoms with van der Waals surface area (Å²) in [6, 6.07) is -0.318. The van der Waals surface area contributed by atoms with Gasteiger partial charge in [0.05, 0.1) is 5.69 Å². The lowest BCUT2D eigenvalue weighted by Crippen LogP contribution is -2.29. The first-order valence-corrected chi connectivity index (χ1v) is 8.65. The predicted octanol–water partition coefficient (Wildman–Crippen LogP) is 3.03. The Bertz CT molecular complexity index is 530. The number of thiazole rings is 1. The number of carboxylic acids is 1. The fraction of sp³-hybridized carbons (Fsp3) is 0.667. The third-order valence-electron chi connectivity index (χ3n) is 3.81. The van der Waals surface area contributed by atoms with E-state index in [-0.39, 0.29) is 12.5 Å². The van der Waals surface area contributed by atoms with Crippen LogP contribution < -0.4 is 10.6 Å². The molecule has 1 unspecified atom stereocenters. The van der Waals surface area contributed by atoms with E-state index >= 15 is 0 Å². The molecule has 1 aromatic rings. The van der Waals surface area contributed by atoms with Crippen molar-refractivity contribution in [3.63, 3.8) is 0 Å². The van der Waals surface area contributed by atoms with Crippen LogP contribution in [-0.4, -0.2) is 28.6 Å². The minimum Gasteiger partial charge on any atom is -0.481 e. The number of hydrogen-bond acceptors (Lipinski definition) is 4. The third-order valence-corrected chi connectivity index (χ3v) is 4.85. The van der Waals surface area contributed by atoms with E-state index in [9.17, 15) is 9.59 Å². The molecule has 0 saturated carbocycles. The maximum Gasteiger partial charge on any atom is 0.321 e. The number of carbonyl (C=O) groups excluding carboxylic acids is 1. The minimum atomic E-state index is -0.851. The number of urea groups is 1. The van der Waals surface area contributed by atoms with Gasteiger partial charge in [0.15, 0.2) is 5.13 Å². The molecule has 1 aliphatic rings. The molecule has 22 heavy (non-hydrogen) atoms. The molecule has 2 amide bonds. The fourth-order valence-electron chi connectivity index (χ4n) is 2.73. The molecule has 6 nitrogen and oxygen atoms in total. The van der Waals surface area contributed by atoms with Gasteiger partial charge in [-0.05, 0) is 31.6 Å². The average molecular weight is 325 g/mol. The Morgan fingerprint density at radius 2 is 2.27 bits per heavy atom. The molecular weight excluding hydrogens is 302 g/mol. The van der Waals surface area contributed by atoms with Crippen LogP contribution in [0.1, 0.15) is 49.6 Å². The SMILES string of the molecule is CCCC1CCc2nc(NC(=O)NCCCC(=O)O)sc2C1. The van der Waals surface area contributed by atoms with Gasteiger partial charge in [0.25, 0.3) is 0 Å². The molecule has 0 saturated heterocycles. The largest absolute Gasteiger partial charge is 0.481 e. The van der Waals surface area contributed by atoms with Gasteiger partial charge < -0.3 is 10.4 Å². The molecule has 1 aromatic heterocycles. The molecule has 2 rings (SSSR count). The van der Waals surface area contributed by atoms with E-state index in [0.29, 0.717) is 18.1 Å². The number of anilines is 1. The molecule has 1 atom stereocenters. The topological polar surface area (TPSA) is 91.3 Å². The number of hydrogen-bond donors (Lipinski definition) is 3. The van der Waals surface area contributed by atoms with Crippen LogP contribution in [0.25, 0.3) is 0 Å². The van der Waals surface area contributed by atoms with Crippen molar-refractivity contribution < 1.29 is 14.7 Å². The number of nitrogens with zero attached hydrogens (tertiary/aromatic N) is 1. The van der Waals surface area contributed by atoms with Crippen molar-refractivity contribution >= 4 is 28.5 Å². The van der Waals surface area contributed by atoms with Gasteiger partial charge in [0, 0.05) is 17.8 Å². The van der Waals surface area contributed by atoms with Gasteiger partial charge >= 0.3 is 12.0 Å². The van der Waals surface area contributed by atoms with Crippen molar-refractivity contribution in [2.75, 3.05) is 11.9 Å². The number of amides is 2. The van der Waals surface area contributed by atoms with Crippen molar-refractivity contribution in [1.82, 2.24) is 10.3 Å². The van der Waals surface area contributed by atoms with Crippen LogP contribution in [0, 0.1) is 5.92 Å². The lowest BCUT2D eigenvalue weighted by molar-refractivity contribution is -0.137. The number of carbonyl (C=O) groups is 2. The lowest BCUT2D eigenvalue weighted by Gasteiger charge is -2.19. The van der Waals surface area contributed by atoms with Crippen LogP contribution in [0.15, 0.2) is 0 Å². The zero-order valence-corrected chi connectivity index (χ0v) is 13.7. The first kappa shape index (κ1) is 16.7. The van der Waals surface area contributed by atoms with Gasteiger partial charge in [0.1, 0.15) is 0 Å². The van der Waals surface area contributed by atoms with E-state index in [1.807, 2.05) is 0 Å². The number of rotatable bonds is 7. The number of nitrogens with one attached hydrogen (secondary N) is 2. The predicted molar refractivity (Wildman–Crippen MR) is 86.4 cm³/mol. The summed E-state index contributed by atoms with van der Waals surface area (Å²) in [6.07, 6.45) is 6.21. The Kier molecular flexibility index (Phi) is 6.18. The highest BCUT2D eigenvalue weighted by Gasteiger charge is 2.22. The Balaban J connectivity index is 1.79. The number of carboxylic acid groups (broad SMARTS) is 1. The molecule has 0 radical (unpaired) electrons. The van der Waals surface area contributed by atoms with Gasteiger partial charge in [-0.1, -0.05) is 19.8 Å². The zero-order valence-electron chi connectivity index (χ0n) is 12.9. The molecule has 0 aromatic carbocycles. The summed E-state index contributed by atoms with van der Waals surface area (Å²) in [7, 11) is 0. The van der Waals surface area contributed by atoms with Crippen LogP contribution in [0.4, 0.5) is 9.93 Å². The maximum atomic E-state index is 11.7. The summed E-state index contributed by atoms with van der Waals surface area (Å²) >= 11 is 1.56. The van der Waals surface area contributed by atoms with Gasteiger partial charge in [0.2, 0.25) is 0 Å². The summed E-state index contributed by atoms with van der Waals surface area (Å²) in [5, 5.41) is 14.6. The number of aromatic nitrogens is 1. The monoisotopic (exact) mass is 325 g/mol. The van der Waals surface area contributed by atoms with E-state index in [1.165, 1.54) is 24.1 Å². The van der Waals surface area contributed by atoms with Crippen molar-refractivity contribution in [2.24, 2.45) is 5.92 Å². The highest BCUT2D eigenvalue weighted by molar-refractivity contribution is 7.15. The Morgan fingerprint density at radius 1 is 1.45 bits per heavy atom. The molecular formula is C15H23N3O3S. The summed E-state index contributed by atoms with van der Waals surface area (Å²) in [6.45, 7) is 2.56. The molecule has 0 aliphatic heterocycles. The quantitative estimate of drug-likeness (QED) is 0.672. The van der Waals surface area contributed by atoms with Crippen LogP contribution in [0.5, 0.6) is 0 Å². The third kappa shape index (κ3) is 4.98. The lowest BCUT2D eigenvalue weighted by atomic mass is 9.88. The van der Waals surface area contributed by atoms with E-state index in [2.05, 4.69) is 22.5 Å². The number of aryl methyl sites for hydroxylation is 1. The normalized spacial score (nSPS) is 16.9. The average Bonchev–Trinajstić information content (AvgIpc) is 2.85. The van der Waals surface area contributed by atoms with Crippen molar-refractivity contribution in [3.8, 4) is 0 Å². The van der Waals surface area contributed by atoms with E-state index in [0.717, 1.165) is 24.5 Å². The summed E-state index contributed by atoms with van der Waals surface area (Å²) in [4.78, 5) is 27.9. The van der Waals surface area contributed by atoms with Gasteiger partial charge in [-0.15, -0.1) is 11.3 Å². The maximum absolute atomic E-state index is 11.7. The summed E-state index contributed by atoms with van der Waals surface area (Å²) < 4.78 is 0. The number of fused-ring (bicyclic) bond motifs is 1. The van der Waals surface area contributed by atoms with Crippen LogP contribution in [0.3, 0.4) is 0 Å². The molecule has 122 valence electrons. The highest BCUT2D eigenvalue weighted by Crippen LogP contribution is 2.33. The Hall–Kier alpha value is -1.63. The first-order valence-electron chi connectivity index (χ1n) is 7.83. The highest BCUT2D eigenvalue weighted by atomic mass is 32.1. The standard InChI is InChI=1S/C15H23N3O3S/c1-2-4-10-6-7-11-12(9-10)22-15(17-11)18-14(21)16-8-3-5-13(19)20/h10H,2-9H2,1H3,(H,19,20)(H2,16,17,18,21). The van der Waals surface area contributed by atoms with Crippen LogP contribution in [0.2, 0.25) is 0 Å². The molecule has 0 bridgehead atoms. The first-order chi connectivity index (χ1) is 10.6.